The zero-order valence-corrected chi connectivity index (χ0v) is 14.6. The second-order valence-electron chi connectivity index (χ2n) is 6.70. The van der Waals surface area contributed by atoms with Gasteiger partial charge in [-0.1, -0.05) is 0 Å². The molecule has 138 valence electrons. The van der Waals surface area contributed by atoms with E-state index in [1.807, 2.05) is 25.1 Å². The Labute approximate surface area is 154 Å². The van der Waals surface area contributed by atoms with E-state index >= 15 is 0 Å². The lowest BCUT2D eigenvalue weighted by Gasteiger charge is -2.17. The first-order chi connectivity index (χ1) is 12.9. The summed E-state index contributed by atoms with van der Waals surface area (Å²) < 4.78 is 26.8. The number of carbonyl (C=O) groups excluding carboxylic acids is 2. The maximum Gasteiger partial charge on any atom is 0.239 e. The molecule has 1 unspecified atom stereocenters. The smallest absolute Gasteiger partial charge is 0.239 e. The van der Waals surface area contributed by atoms with E-state index in [9.17, 15) is 18.4 Å². The third kappa shape index (κ3) is 3.28. The van der Waals surface area contributed by atoms with Gasteiger partial charge >= 0.3 is 0 Å². The molecule has 1 aromatic heterocycles. The molecule has 7 heteroatoms. The van der Waals surface area contributed by atoms with Crippen molar-refractivity contribution in [3.63, 3.8) is 0 Å². The van der Waals surface area contributed by atoms with Crippen LogP contribution in [-0.4, -0.2) is 23.3 Å². The van der Waals surface area contributed by atoms with E-state index in [0.29, 0.717) is 5.69 Å². The van der Waals surface area contributed by atoms with Crippen molar-refractivity contribution in [2.75, 3.05) is 16.8 Å². The topological polar surface area (TPSA) is 65.2 Å². The first-order valence-electron chi connectivity index (χ1n) is 8.58. The van der Waals surface area contributed by atoms with Gasteiger partial charge < -0.3 is 15.2 Å². The van der Waals surface area contributed by atoms with Gasteiger partial charge in [0.2, 0.25) is 11.8 Å². The minimum Gasteiger partial charge on any atom is -0.359 e. The fourth-order valence-electron chi connectivity index (χ4n) is 3.46. The summed E-state index contributed by atoms with van der Waals surface area (Å²) in [7, 11) is 0. The van der Waals surface area contributed by atoms with E-state index in [-0.39, 0.29) is 18.7 Å². The average Bonchev–Trinajstić information content (AvgIpc) is 3.15. The molecule has 2 N–H and O–H groups in total. The fourth-order valence-corrected chi connectivity index (χ4v) is 3.46. The van der Waals surface area contributed by atoms with Crippen molar-refractivity contribution < 1.29 is 18.4 Å². The highest BCUT2D eigenvalue weighted by molar-refractivity contribution is 6.13. The van der Waals surface area contributed by atoms with Crippen molar-refractivity contribution in [2.45, 2.75) is 13.3 Å². The van der Waals surface area contributed by atoms with E-state index in [0.717, 1.165) is 34.8 Å². The number of aryl methyl sites for hydroxylation is 1. The molecule has 0 bridgehead atoms. The molecule has 0 saturated carbocycles. The number of hydrogen-bond acceptors (Lipinski definition) is 2. The Balaban J connectivity index is 1.51. The second-order valence-corrected chi connectivity index (χ2v) is 6.70. The zero-order chi connectivity index (χ0) is 19.1. The quantitative estimate of drug-likeness (QED) is 0.691. The van der Waals surface area contributed by atoms with Gasteiger partial charge in [-0.25, -0.2) is 8.78 Å². The third-order valence-corrected chi connectivity index (χ3v) is 4.70. The Morgan fingerprint density at radius 3 is 2.63 bits per heavy atom. The molecule has 0 aliphatic carbocycles. The highest BCUT2D eigenvalue weighted by Crippen LogP contribution is 2.28. The highest BCUT2D eigenvalue weighted by Gasteiger charge is 2.38. The number of carbonyl (C=O) groups is 2. The minimum atomic E-state index is -0.889. The number of aromatic nitrogens is 1. The van der Waals surface area contributed by atoms with Gasteiger partial charge in [0, 0.05) is 40.6 Å². The molecular weight excluding hydrogens is 352 g/mol. The molecular formula is C20H17F2N3O2. The fraction of sp³-hybridized carbons (Fsp3) is 0.200. The Hall–Kier alpha value is -3.22. The molecule has 1 aliphatic rings. The summed E-state index contributed by atoms with van der Waals surface area (Å²) in [6.45, 7) is 2.18. The van der Waals surface area contributed by atoms with E-state index in [1.54, 1.807) is 6.07 Å². The first-order valence-corrected chi connectivity index (χ1v) is 8.58. The Kier molecular flexibility index (Phi) is 4.14. The normalized spacial score (nSPS) is 16.9. The van der Waals surface area contributed by atoms with Crippen LogP contribution in [0.25, 0.3) is 10.9 Å². The van der Waals surface area contributed by atoms with Crippen molar-refractivity contribution in [1.29, 1.82) is 0 Å². The summed E-state index contributed by atoms with van der Waals surface area (Å²) in [5, 5.41) is 3.72. The lowest BCUT2D eigenvalue weighted by atomic mass is 10.1. The summed E-state index contributed by atoms with van der Waals surface area (Å²) >= 11 is 0. The number of rotatable bonds is 3. The maximum absolute atomic E-state index is 13.4. The van der Waals surface area contributed by atoms with Gasteiger partial charge in [0.1, 0.15) is 17.6 Å². The van der Waals surface area contributed by atoms with Gasteiger partial charge in [-0.15, -0.1) is 0 Å². The predicted molar refractivity (Wildman–Crippen MR) is 98.5 cm³/mol. The lowest BCUT2D eigenvalue weighted by molar-refractivity contribution is -0.129. The molecule has 4 rings (SSSR count). The molecule has 1 saturated heterocycles. The largest absolute Gasteiger partial charge is 0.359 e. The van der Waals surface area contributed by atoms with Crippen LogP contribution in [0.1, 0.15) is 12.1 Å². The molecule has 2 amide bonds. The molecule has 0 spiro atoms. The van der Waals surface area contributed by atoms with Crippen LogP contribution in [0.2, 0.25) is 0 Å². The number of benzene rings is 2. The molecule has 5 nitrogen and oxygen atoms in total. The highest BCUT2D eigenvalue weighted by atomic mass is 19.1. The van der Waals surface area contributed by atoms with Crippen molar-refractivity contribution in [3.8, 4) is 0 Å². The van der Waals surface area contributed by atoms with E-state index in [2.05, 4.69) is 10.3 Å². The van der Waals surface area contributed by atoms with Crippen LogP contribution in [0.5, 0.6) is 0 Å². The van der Waals surface area contributed by atoms with Gasteiger partial charge in [-0.2, -0.15) is 0 Å². The Morgan fingerprint density at radius 1 is 1.15 bits per heavy atom. The van der Waals surface area contributed by atoms with Crippen LogP contribution >= 0.6 is 0 Å². The van der Waals surface area contributed by atoms with Gasteiger partial charge in [-0.05, 0) is 49.7 Å². The van der Waals surface area contributed by atoms with E-state index < -0.39 is 29.4 Å². The zero-order valence-electron chi connectivity index (χ0n) is 14.6. The second kappa shape index (κ2) is 6.50. The number of anilines is 2. The summed E-state index contributed by atoms with van der Waals surface area (Å²) in [6, 6.07) is 10.3. The number of hydrogen-bond donors (Lipinski definition) is 2. The predicted octanol–water partition coefficient (Wildman–Crippen LogP) is 3.75. The van der Waals surface area contributed by atoms with Gasteiger partial charge in [0.25, 0.3) is 0 Å². The average molecular weight is 369 g/mol. The van der Waals surface area contributed by atoms with Crippen molar-refractivity contribution in [3.05, 3.63) is 59.8 Å². The van der Waals surface area contributed by atoms with E-state index in [1.165, 1.54) is 4.90 Å². The molecule has 0 radical (unpaired) electrons. The number of nitrogens with one attached hydrogen (secondary N) is 2. The van der Waals surface area contributed by atoms with Gasteiger partial charge in [0.05, 0.1) is 0 Å². The van der Waals surface area contributed by atoms with Crippen molar-refractivity contribution in [2.24, 2.45) is 5.92 Å². The molecule has 3 aromatic rings. The molecule has 1 fully saturated rings. The molecule has 2 heterocycles. The maximum atomic E-state index is 13.4. The van der Waals surface area contributed by atoms with Crippen molar-refractivity contribution in [1.82, 2.24) is 4.98 Å². The Bertz CT molecular complexity index is 1040. The van der Waals surface area contributed by atoms with Gasteiger partial charge in [-0.3, -0.25) is 9.59 Å². The molecule has 1 atom stereocenters. The van der Waals surface area contributed by atoms with Crippen LogP contribution in [0.4, 0.5) is 20.2 Å². The third-order valence-electron chi connectivity index (χ3n) is 4.70. The standard InChI is InChI=1S/C20H17F2N3O2/c1-11-6-12-7-15(2-3-18(12)23-11)24-19(26)17-4-5-25(20(17)27)16-9-13(21)8-14(22)10-16/h2-3,6-10,17,23H,4-5H2,1H3,(H,24,26). The number of halogens is 2. The van der Waals surface area contributed by atoms with Crippen LogP contribution in [0.15, 0.2) is 42.5 Å². The molecule has 1 aliphatic heterocycles. The minimum absolute atomic E-state index is 0.122. The number of H-pyrrole nitrogens is 1. The van der Waals surface area contributed by atoms with Crippen LogP contribution in [0.3, 0.4) is 0 Å². The van der Waals surface area contributed by atoms with Crippen LogP contribution < -0.4 is 10.2 Å². The number of aromatic amines is 1. The summed E-state index contributed by atoms with van der Waals surface area (Å²) in [5.74, 6) is -3.30. The summed E-state index contributed by atoms with van der Waals surface area (Å²) in [4.78, 5) is 29.6. The monoisotopic (exact) mass is 369 g/mol. The number of nitrogens with zero attached hydrogens (tertiary/aromatic N) is 1. The molecule has 2 aromatic carbocycles. The summed E-state index contributed by atoms with van der Waals surface area (Å²) in [5.41, 5.74) is 2.69. The van der Waals surface area contributed by atoms with Crippen LogP contribution in [0, 0.1) is 24.5 Å². The SMILES string of the molecule is Cc1cc2cc(NC(=O)C3CCN(c4cc(F)cc(F)c4)C3=O)ccc2[nH]1. The lowest BCUT2D eigenvalue weighted by Crippen LogP contribution is -2.33. The van der Waals surface area contributed by atoms with Crippen molar-refractivity contribution >= 4 is 34.1 Å². The summed E-state index contributed by atoms with van der Waals surface area (Å²) in [6.07, 6.45) is 0.286. The number of fused-ring (bicyclic) bond motifs is 1. The first kappa shape index (κ1) is 17.2. The molecule has 27 heavy (non-hydrogen) atoms. The number of amides is 2. The van der Waals surface area contributed by atoms with E-state index in [4.69, 9.17) is 0 Å². The Morgan fingerprint density at radius 2 is 1.89 bits per heavy atom. The van der Waals surface area contributed by atoms with Crippen LogP contribution in [-0.2, 0) is 9.59 Å². The van der Waals surface area contributed by atoms with Gasteiger partial charge in [0.15, 0.2) is 0 Å².